The summed E-state index contributed by atoms with van der Waals surface area (Å²) in [4.78, 5) is 19.9. The predicted molar refractivity (Wildman–Crippen MR) is 60.8 cm³/mol. The topological polar surface area (TPSA) is 84.9 Å². The van der Waals surface area contributed by atoms with Crippen LogP contribution in [0.25, 0.3) is 0 Å². The third-order valence-electron chi connectivity index (χ3n) is 2.10. The Kier molecular flexibility index (Phi) is 3.56. The first-order valence-electron chi connectivity index (χ1n) is 4.98. The predicted octanol–water partition coefficient (Wildman–Crippen LogP) is 1.13. The molecule has 1 aliphatic heterocycles. The lowest BCUT2D eigenvalue weighted by Crippen LogP contribution is -2.17. The molecule has 0 saturated carbocycles. The van der Waals surface area contributed by atoms with E-state index in [2.05, 4.69) is 5.32 Å². The van der Waals surface area contributed by atoms with E-state index in [0.29, 0.717) is 30.4 Å². The molecule has 17 heavy (non-hydrogen) atoms. The number of fused-ring (bicyclic) bond motifs is 1. The van der Waals surface area contributed by atoms with Crippen molar-refractivity contribution in [2.24, 2.45) is 0 Å². The van der Waals surface area contributed by atoms with Crippen LogP contribution in [0.1, 0.15) is 0 Å². The lowest BCUT2D eigenvalue weighted by Gasteiger charge is -2.18. The molecule has 1 unspecified atom stereocenters. The van der Waals surface area contributed by atoms with Gasteiger partial charge in [-0.25, -0.2) is 0 Å². The van der Waals surface area contributed by atoms with Crippen LogP contribution in [0.5, 0.6) is 11.5 Å². The van der Waals surface area contributed by atoms with E-state index in [4.69, 9.17) is 14.4 Å². The van der Waals surface area contributed by atoms with Crippen LogP contribution in [0.3, 0.4) is 0 Å². The highest BCUT2D eigenvalue weighted by molar-refractivity contribution is 7.39. The van der Waals surface area contributed by atoms with E-state index in [9.17, 15) is 9.36 Å². The number of carbonyl (C=O) groups excluding carboxylic acids is 1. The van der Waals surface area contributed by atoms with Crippen molar-refractivity contribution < 1.29 is 23.7 Å². The highest BCUT2D eigenvalue weighted by Gasteiger charge is 2.19. The largest absolute Gasteiger partial charge is 0.515 e. The normalized spacial score (nSPS) is 14.1. The minimum atomic E-state index is -2.46. The molecule has 0 aromatic heterocycles. The molecule has 2 N–H and O–H groups in total. The lowest BCUT2D eigenvalue weighted by molar-refractivity contribution is -0.113. The van der Waals surface area contributed by atoms with Crippen LogP contribution in [0.4, 0.5) is 5.69 Å². The number of nitrogens with one attached hydrogen (secondary N) is 1. The van der Waals surface area contributed by atoms with Crippen molar-refractivity contribution in [3.05, 3.63) is 18.2 Å². The van der Waals surface area contributed by atoms with Gasteiger partial charge in [-0.2, -0.15) is 4.89 Å². The van der Waals surface area contributed by atoms with Gasteiger partial charge in [-0.1, -0.05) is 0 Å². The monoisotopic (exact) mass is 256 g/mol. The van der Waals surface area contributed by atoms with Crippen molar-refractivity contribution in [2.45, 2.75) is 0 Å². The molecule has 7 heteroatoms. The van der Waals surface area contributed by atoms with Crippen LogP contribution in [-0.2, 0) is 9.36 Å². The molecule has 1 heterocycles. The molecule has 1 aromatic rings. The Hall–Kier alpha value is -1.65. The zero-order valence-corrected chi connectivity index (χ0v) is 9.78. The Morgan fingerprint density at radius 3 is 2.76 bits per heavy atom. The van der Waals surface area contributed by atoms with Gasteiger partial charge in [-0.3, -0.25) is 4.79 Å². The first-order chi connectivity index (χ1) is 8.15. The molecular formula is C10H11NO5P+. The van der Waals surface area contributed by atoms with Crippen molar-refractivity contribution in [1.29, 1.82) is 0 Å². The maximum absolute atomic E-state index is 11.3. The minimum absolute atomic E-state index is 0.413. The van der Waals surface area contributed by atoms with Crippen molar-refractivity contribution in [3.8, 4) is 11.5 Å². The van der Waals surface area contributed by atoms with Gasteiger partial charge < -0.3 is 14.8 Å². The van der Waals surface area contributed by atoms with E-state index in [-0.39, 0.29) is 0 Å². The molecule has 0 aliphatic carbocycles. The number of hydrogen-bond acceptors (Lipinski definition) is 4. The SMILES string of the molecule is O=C(C[P+](=O)O)Nc1ccc2c(c1)OCCO2. The molecule has 0 bridgehead atoms. The number of amides is 1. The summed E-state index contributed by atoms with van der Waals surface area (Å²) in [7, 11) is -2.46. The molecule has 6 nitrogen and oxygen atoms in total. The smallest absolute Gasteiger partial charge is 0.486 e. The van der Waals surface area contributed by atoms with Crippen molar-refractivity contribution >= 4 is 19.6 Å². The third-order valence-corrected chi connectivity index (χ3v) is 2.66. The van der Waals surface area contributed by atoms with Crippen LogP contribution < -0.4 is 14.8 Å². The Bertz CT molecular complexity index is 462. The number of anilines is 1. The maximum atomic E-state index is 11.3. The van der Waals surface area contributed by atoms with Gasteiger partial charge in [0.05, 0.1) is 0 Å². The van der Waals surface area contributed by atoms with Crippen LogP contribution in [0.15, 0.2) is 18.2 Å². The van der Waals surface area contributed by atoms with Gasteiger partial charge in [-0.05, 0) is 16.7 Å². The molecule has 1 aromatic carbocycles. The Balaban J connectivity index is 2.07. The van der Waals surface area contributed by atoms with Crippen molar-refractivity contribution in [2.75, 3.05) is 24.7 Å². The quantitative estimate of drug-likeness (QED) is 0.792. The molecule has 90 valence electrons. The molecule has 0 fully saturated rings. The minimum Gasteiger partial charge on any atom is -0.486 e. The highest BCUT2D eigenvalue weighted by atomic mass is 31.1. The van der Waals surface area contributed by atoms with E-state index in [1.165, 1.54) is 0 Å². The number of ether oxygens (including phenoxy) is 2. The molecule has 2 rings (SSSR count). The summed E-state index contributed by atoms with van der Waals surface area (Å²) in [5.74, 6) is 0.676. The van der Waals surface area contributed by atoms with Gasteiger partial charge in [0.1, 0.15) is 13.2 Å². The molecule has 1 atom stereocenters. The average Bonchev–Trinajstić information content (AvgIpc) is 2.27. The first-order valence-corrected chi connectivity index (χ1v) is 6.38. The van der Waals surface area contributed by atoms with Crippen LogP contribution in [0.2, 0.25) is 0 Å². The van der Waals surface area contributed by atoms with Crippen LogP contribution >= 0.6 is 8.03 Å². The highest BCUT2D eigenvalue weighted by Crippen LogP contribution is 2.32. The van der Waals surface area contributed by atoms with E-state index in [0.717, 1.165) is 0 Å². The summed E-state index contributed by atoms with van der Waals surface area (Å²) in [5.41, 5.74) is 0.510. The van der Waals surface area contributed by atoms with Crippen molar-refractivity contribution in [3.63, 3.8) is 0 Å². The van der Waals surface area contributed by atoms with Crippen LogP contribution in [-0.4, -0.2) is 30.2 Å². The fourth-order valence-corrected chi connectivity index (χ4v) is 1.77. The van der Waals surface area contributed by atoms with Gasteiger partial charge in [-0.15, -0.1) is 0 Å². The zero-order chi connectivity index (χ0) is 12.3. The number of hydrogen-bond donors (Lipinski definition) is 2. The summed E-state index contributed by atoms with van der Waals surface area (Å²) in [5, 5.41) is 2.51. The molecule has 1 aliphatic rings. The fraction of sp³-hybridized carbons (Fsp3) is 0.300. The number of carbonyl (C=O) groups is 1. The molecule has 0 spiro atoms. The van der Waals surface area contributed by atoms with Gasteiger partial charge >= 0.3 is 8.03 Å². The first kappa shape index (κ1) is 11.8. The molecule has 0 radical (unpaired) electrons. The maximum Gasteiger partial charge on any atom is 0.515 e. The molecule has 0 saturated heterocycles. The summed E-state index contributed by atoms with van der Waals surface area (Å²) in [6, 6.07) is 4.95. The molecular weight excluding hydrogens is 245 g/mol. The number of rotatable bonds is 3. The van der Waals surface area contributed by atoms with E-state index < -0.39 is 20.1 Å². The van der Waals surface area contributed by atoms with E-state index >= 15 is 0 Å². The van der Waals surface area contributed by atoms with E-state index in [1.807, 2.05) is 0 Å². The summed E-state index contributed by atoms with van der Waals surface area (Å²) in [6.07, 6.45) is -0.413. The van der Waals surface area contributed by atoms with Crippen molar-refractivity contribution in [1.82, 2.24) is 0 Å². The second kappa shape index (κ2) is 5.12. The summed E-state index contributed by atoms with van der Waals surface area (Å²) >= 11 is 0. The fourth-order valence-electron chi connectivity index (χ4n) is 1.44. The van der Waals surface area contributed by atoms with Gasteiger partial charge in [0.25, 0.3) is 12.1 Å². The van der Waals surface area contributed by atoms with E-state index in [1.54, 1.807) is 18.2 Å². The third kappa shape index (κ3) is 3.15. The summed E-state index contributed by atoms with van der Waals surface area (Å²) < 4.78 is 21.1. The zero-order valence-electron chi connectivity index (χ0n) is 8.88. The van der Waals surface area contributed by atoms with Gasteiger partial charge in [0.15, 0.2) is 11.5 Å². The average molecular weight is 256 g/mol. The lowest BCUT2D eigenvalue weighted by atomic mass is 10.2. The van der Waals surface area contributed by atoms with Gasteiger partial charge in [0, 0.05) is 11.8 Å². The number of benzene rings is 1. The Morgan fingerprint density at radius 1 is 1.35 bits per heavy atom. The Labute approximate surface area is 98.4 Å². The second-order valence-electron chi connectivity index (χ2n) is 3.42. The standard InChI is InChI=1S/C10H10NO5P/c12-10(6-17(13)14)11-7-1-2-8-9(5-7)16-4-3-15-8/h1-2,5H,3-4,6H2,(H-,11,12,13,14)/p+1. The van der Waals surface area contributed by atoms with Gasteiger partial charge in [0.2, 0.25) is 0 Å². The Morgan fingerprint density at radius 2 is 2.06 bits per heavy atom. The van der Waals surface area contributed by atoms with Crippen LogP contribution in [0, 0.1) is 0 Å². The second-order valence-corrected chi connectivity index (χ2v) is 4.44. The summed E-state index contributed by atoms with van der Waals surface area (Å²) in [6.45, 7) is 0.969. The molecule has 1 amide bonds.